The summed E-state index contributed by atoms with van der Waals surface area (Å²) >= 11 is 0. The van der Waals surface area contributed by atoms with Gasteiger partial charge in [-0.15, -0.1) is 0 Å². The fourth-order valence-electron chi connectivity index (χ4n) is 3.19. The highest BCUT2D eigenvalue weighted by Crippen LogP contribution is 2.29. The lowest BCUT2D eigenvalue weighted by Gasteiger charge is -2.26. The summed E-state index contributed by atoms with van der Waals surface area (Å²) in [5, 5.41) is 4.54. The Balaban J connectivity index is 1.81. The lowest BCUT2D eigenvalue weighted by molar-refractivity contribution is 0.389. The molecule has 0 aliphatic carbocycles. The van der Waals surface area contributed by atoms with Gasteiger partial charge in [-0.05, 0) is 38.3 Å². The highest BCUT2D eigenvalue weighted by atomic mass is 32.2. The molecule has 5 heteroatoms. The van der Waals surface area contributed by atoms with Crippen molar-refractivity contribution in [2.75, 3.05) is 11.5 Å². The van der Waals surface area contributed by atoms with E-state index in [1.54, 1.807) is 0 Å². The monoisotopic (exact) mass is 307 g/mol. The van der Waals surface area contributed by atoms with Gasteiger partial charge in [0.1, 0.15) is 11.3 Å². The third kappa shape index (κ3) is 2.99. The molecule has 1 aromatic carbocycles. The summed E-state index contributed by atoms with van der Waals surface area (Å²) < 4.78 is 29.4. The minimum atomic E-state index is -2.89. The van der Waals surface area contributed by atoms with Crippen LogP contribution in [0.15, 0.2) is 28.7 Å². The van der Waals surface area contributed by atoms with Crippen LogP contribution in [0.5, 0.6) is 0 Å². The number of hydrogen-bond acceptors (Lipinski definition) is 4. The number of fused-ring (bicyclic) bond motifs is 1. The summed E-state index contributed by atoms with van der Waals surface area (Å²) in [6.07, 6.45) is 1.65. The molecule has 0 radical (unpaired) electrons. The maximum Gasteiger partial charge on any atom is 0.151 e. The van der Waals surface area contributed by atoms with Crippen molar-refractivity contribution in [3.05, 3.63) is 35.6 Å². The number of aryl methyl sites for hydroxylation is 1. The van der Waals surface area contributed by atoms with Gasteiger partial charge in [0.15, 0.2) is 9.84 Å². The van der Waals surface area contributed by atoms with E-state index in [1.165, 1.54) is 0 Å². The predicted octanol–water partition coefficient (Wildman–Crippen LogP) is 2.97. The van der Waals surface area contributed by atoms with Gasteiger partial charge in [-0.2, -0.15) is 0 Å². The van der Waals surface area contributed by atoms with Gasteiger partial charge in [0, 0.05) is 11.4 Å². The Kier molecular flexibility index (Phi) is 3.80. The van der Waals surface area contributed by atoms with E-state index in [0.29, 0.717) is 5.75 Å². The van der Waals surface area contributed by atoms with Crippen molar-refractivity contribution in [2.24, 2.45) is 0 Å². The normalized spacial score (nSPS) is 23.2. The smallest absolute Gasteiger partial charge is 0.151 e. The second kappa shape index (κ2) is 5.46. The first-order valence-corrected chi connectivity index (χ1v) is 9.23. The molecule has 114 valence electrons. The highest BCUT2D eigenvalue weighted by Gasteiger charge is 2.27. The second-order valence-electron chi connectivity index (χ2n) is 5.93. The average molecular weight is 307 g/mol. The van der Waals surface area contributed by atoms with Crippen molar-refractivity contribution in [3.8, 4) is 0 Å². The van der Waals surface area contributed by atoms with Crippen LogP contribution in [0.25, 0.3) is 11.0 Å². The van der Waals surface area contributed by atoms with E-state index in [1.807, 2.05) is 25.1 Å². The van der Waals surface area contributed by atoms with Crippen LogP contribution >= 0.6 is 0 Å². The van der Waals surface area contributed by atoms with Crippen LogP contribution in [-0.4, -0.2) is 26.0 Å². The molecule has 1 N–H and O–H groups in total. The average Bonchev–Trinajstić information content (AvgIpc) is 2.76. The van der Waals surface area contributed by atoms with Gasteiger partial charge in [0.05, 0.1) is 17.5 Å². The zero-order valence-corrected chi connectivity index (χ0v) is 13.2. The summed E-state index contributed by atoms with van der Waals surface area (Å²) in [6, 6.07) is 8.00. The molecule has 0 amide bonds. The summed E-state index contributed by atoms with van der Waals surface area (Å²) in [5.74, 6) is 1.46. The first-order chi connectivity index (χ1) is 9.96. The van der Waals surface area contributed by atoms with Gasteiger partial charge in [0.2, 0.25) is 0 Å². The lowest BCUT2D eigenvalue weighted by atomic mass is 10.1. The lowest BCUT2D eigenvalue weighted by Crippen LogP contribution is -2.41. The van der Waals surface area contributed by atoms with Crippen molar-refractivity contribution in [3.63, 3.8) is 0 Å². The predicted molar refractivity (Wildman–Crippen MR) is 84.2 cm³/mol. The number of sulfone groups is 1. The van der Waals surface area contributed by atoms with Crippen molar-refractivity contribution < 1.29 is 12.8 Å². The molecule has 1 aliphatic heterocycles. The molecular weight excluding hydrogens is 286 g/mol. The SMILES string of the molecule is Cc1c(C(C)NC2CCCS(=O)(=O)C2)oc2ccccc12. The maximum absolute atomic E-state index is 11.7. The zero-order valence-electron chi connectivity index (χ0n) is 12.4. The van der Waals surface area contributed by atoms with E-state index in [9.17, 15) is 8.42 Å². The van der Waals surface area contributed by atoms with Gasteiger partial charge >= 0.3 is 0 Å². The number of benzene rings is 1. The summed E-state index contributed by atoms with van der Waals surface area (Å²) in [5.41, 5.74) is 2.01. The molecule has 1 fully saturated rings. The molecule has 0 saturated carbocycles. The van der Waals surface area contributed by atoms with Gasteiger partial charge in [0.25, 0.3) is 0 Å². The molecule has 0 spiro atoms. The molecule has 3 rings (SSSR count). The number of furan rings is 1. The Hall–Kier alpha value is -1.33. The molecule has 2 aromatic rings. The molecule has 2 heterocycles. The van der Waals surface area contributed by atoms with Crippen molar-refractivity contribution in [1.29, 1.82) is 0 Å². The Labute approximate surface area is 125 Å². The number of hydrogen-bond donors (Lipinski definition) is 1. The maximum atomic E-state index is 11.7. The molecule has 1 aliphatic rings. The van der Waals surface area contributed by atoms with Crippen molar-refractivity contribution >= 4 is 20.8 Å². The van der Waals surface area contributed by atoms with Crippen LogP contribution < -0.4 is 5.32 Å². The number of para-hydroxylation sites is 1. The van der Waals surface area contributed by atoms with Crippen LogP contribution in [0.3, 0.4) is 0 Å². The molecular formula is C16H21NO3S. The Bertz CT molecular complexity index is 748. The summed E-state index contributed by atoms with van der Waals surface area (Å²) in [4.78, 5) is 0. The van der Waals surface area contributed by atoms with E-state index in [-0.39, 0.29) is 17.8 Å². The summed E-state index contributed by atoms with van der Waals surface area (Å²) in [7, 11) is -2.89. The molecule has 2 unspecified atom stereocenters. The van der Waals surface area contributed by atoms with Crippen LogP contribution in [0.2, 0.25) is 0 Å². The van der Waals surface area contributed by atoms with Crippen molar-refractivity contribution in [2.45, 2.75) is 38.8 Å². The van der Waals surface area contributed by atoms with Gasteiger partial charge in [-0.25, -0.2) is 8.42 Å². The fraction of sp³-hybridized carbons (Fsp3) is 0.500. The standard InChI is InChI=1S/C16H21NO3S/c1-11-14-7-3-4-8-15(14)20-16(11)12(2)17-13-6-5-9-21(18,19)10-13/h3-4,7-8,12-13,17H,5-6,9-10H2,1-2H3. The quantitative estimate of drug-likeness (QED) is 0.947. The third-order valence-electron chi connectivity index (χ3n) is 4.22. The molecule has 0 bridgehead atoms. The van der Waals surface area contributed by atoms with Crippen LogP contribution in [0.1, 0.15) is 37.1 Å². The first kappa shape index (κ1) is 14.6. The minimum Gasteiger partial charge on any atom is -0.459 e. The minimum absolute atomic E-state index is 0.00991. The van der Waals surface area contributed by atoms with Gasteiger partial charge in [-0.3, -0.25) is 0 Å². The van der Waals surface area contributed by atoms with E-state index in [4.69, 9.17) is 4.42 Å². The molecule has 4 nitrogen and oxygen atoms in total. The first-order valence-electron chi connectivity index (χ1n) is 7.41. The largest absolute Gasteiger partial charge is 0.459 e. The fourth-order valence-corrected chi connectivity index (χ4v) is 4.84. The number of nitrogens with one attached hydrogen (secondary N) is 1. The van der Waals surface area contributed by atoms with Gasteiger partial charge in [-0.1, -0.05) is 18.2 Å². The Morgan fingerprint density at radius 2 is 2.10 bits per heavy atom. The van der Waals surface area contributed by atoms with Crippen LogP contribution in [0, 0.1) is 6.92 Å². The van der Waals surface area contributed by atoms with Crippen molar-refractivity contribution in [1.82, 2.24) is 5.32 Å². The van der Waals surface area contributed by atoms with E-state index < -0.39 is 9.84 Å². The highest BCUT2D eigenvalue weighted by molar-refractivity contribution is 7.91. The Morgan fingerprint density at radius 3 is 2.81 bits per heavy atom. The van der Waals surface area contributed by atoms with Crippen LogP contribution in [-0.2, 0) is 9.84 Å². The van der Waals surface area contributed by atoms with E-state index in [2.05, 4.69) is 18.3 Å². The number of rotatable bonds is 3. The zero-order chi connectivity index (χ0) is 15.0. The van der Waals surface area contributed by atoms with E-state index >= 15 is 0 Å². The topological polar surface area (TPSA) is 59.3 Å². The molecule has 1 saturated heterocycles. The molecule has 2 atom stereocenters. The van der Waals surface area contributed by atoms with Gasteiger partial charge < -0.3 is 9.73 Å². The third-order valence-corrected chi connectivity index (χ3v) is 6.04. The molecule has 21 heavy (non-hydrogen) atoms. The van der Waals surface area contributed by atoms with Crippen LogP contribution in [0.4, 0.5) is 0 Å². The molecule has 1 aromatic heterocycles. The van der Waals surface area contributed by atoms with E-state index in [0.717, 1.165) is 35.1 Å². The summed E-state index contributed by atoms with van der Waals surface area (Å²) in [6.45, 7) is 4.09. The second-order valence-corrected chi connectivity index (χ2v) is 8.16. The Morgan fingerprint density at radius 1 is 1.33 bits per heavy atom.